The minimum Gasteiger partial charge on any atom is -0.478 e. The van der Waals surface area contributed by atoms with E-state index in [-0.39, 0.29) is 17.7 Å². The Morgan fingerprint density at radius 1 is 1.39 bits per heavy atom. The van der Waals surface area contributed by atoms with Crippen LogP contribution >= 0.6 is 0 Å². The van der Waals surface area contributed by atoms with Gasteiger partial charge in [0.1, 0.15) is 5.82 Å². The Morgan fingerprint density at radius 2 is 2.09 bits per heavy atom. The van der Waals surface area contributed by atoms with Crippen LogP contribution < -0.4 is 10.1 Å². The van der Waals surface area contributed by atoms with E-state index in [0.717, 1.165) is 51.0 Å². The molecule has 0 saturated carbocycles. The number of hydrogen-bond acceptors (Lipinski definition) is 3. The lowest BCUT2D eigenvalue weighted by Crippen LogP contribution is -2.48. The van der Waals surface area contributed by atoms with Crippen molar-refractivity contribution in [2.75, 3.05) is 19.6 Å². The lowest BCUT2D eigenvalue weighted by molar-refractivity contribution is -0.128. The number of carbonyl (C=O) groups is 1. The maximum atomic E-state index is 13.5. The summed E-state index contributed by atoms with van der Waals surface area (Å²) in [6.45, 7) is 6.75. The standard InChI is InChI=1S/C17H24F2N2O2/c1-3-8-21-9-6-14(7-10-21)20-17(22)12(2)23-16-5-4-13(18)11-15(16)19/h4-5,11-12,14H,3,6-10H2,1-2H3,(H,20,22)/t12-/m1/s1. The van der Waals surface area contributed by atoms with Gasteiger partial charge in [0.25, 0.3) is 5.91 Å². The number of rotatable bonds is 6. The van der Waals surface area contributed by atoms with Crippen molar-refractivity contribution in [3.05, 3.63) is 29.8 Å². The number of nitrogens with one attached hydrogen (secondary N) is 1. The van der Waals surface area contributed by atoms with E-state index in [0.29, 0.717) is 0 Å². The smallest absolute Gasteiger partial charge is 0.260 e. The second-order valence-corrected chi connectivity index (χ2v) is 5.96. The first kappa shape index (κ1) is 17.7. The van der Waals surface area contributed by atoms with E-state index in [1.165, 1.54) is 6.07 Å². The average Bonchev–Trinajstić information content (AvgIpc) is 2.52. The van der Waals surface area contributed by atoms with Crippen molar-refractivity contribution in [3.8, 4) is 5.75 Å². The molecule has 128 valence electrons. The van der Waals surface area contributed by atoms with Gasteiger partial charge >= 0.3 is 0 Å². The summed E-state index contributed by atoms with van der Waals surface area (Å²) in [5, 5.41) is 2.95. The highest BCUT2D eigenvalue weighted by molar-refractivity contribution is 5.81. The summed E-state index contributed by atoms with van der Waals surface area (Å²) in [4.78, 5) is 14.5. The van der Waals surface area contributed by atoms with E-state index in [9.17, 15) is 13.6 Å². The van der Waals surface area contributed by atoms with Gasteiger partial charge in [0.2, 0.25) is 0 Å². The number of halogens is 2. The zero-order valence-corrected chi connectivity index (χ0v) is 13.6. The van der Waals surface area contributed by atoms with Crippen LogP contribution in [-0.4, -0.2) is 42.6 Å². The van der Waals surface area contributed by atoms with Crippen molar-refractivity contribution in [2.45, 2.75) is 45.3 Å². The van der Waals surface area contributed by atoms with E-state index in [4.69, 9.17) is 4.74 Å². The molecular formula is C17H24F2N2O2. The van der Waals surface area contributed by atoms with Crippen molar-refractivity contribution in [2.24, 2.45) is 0 Å². The molecule has 1 amide bonds. The Morgan fingerprint density at radius 3 is 2.70 bits per heavy atom. The number of ether oxygens (including phenoxy) is 1. The maximum absolute atomic E-state index is 13.5. The Kier molecular flexibility index (Phi) is 6.33. The molecule has 23 heavy (non-hydrogen) atoms. The molecule has 1 N–H and O–H groups in total. The first-order valence-electron chi connectivity index (χ1n) is 8.14. The monoisotopic (exact) mass is 326 g/mol. The molecule has 1 saturated heterocycles. The van der Waals surface area contributed by atoms with E-state index >= 15 is 0 Å². The zero-order chi connectivity index (χ0) is 16.8. The first-order valence-corrected chi connectivity index (χ1v) is 8.14. The number of carbonyl (C=O) groups excluding carboxylic acids is 1. The molecule has 6 heteroatoms. The van der Waals surface area contributed by atoms with Gasteiger partial charge < -0.3 is 15.0 Å². The molecule has 1 aromatic carbocycles. The van der Waals surface area contributed by atoms with E-state index in [2.05, 4.69) is 17.1 Å². The van der Waals surface area contributed by atoms with Gasteiger partial charge in [-0.2, -0.15) is 0 Å². The molecule has 4 nitrogen and oxygen atoms in total. The second kappa shape index (κ2) is 8.24. The van der Waals surface area contributed by atoms with Crippen LogP contribution in [0.1, 0.15) is 33.1 Å². The number of nitrogens with zero attached hydrogens (tertiary/aromatic N) is 1. The highest BCUT2D eigenvalue weighted by Gasteiger charge is 2.23. The predicted octanol–water partition coefficient (Wildman–Crippen LogP) is 2.72. The van der Waals surface area contributed by atoms with Crippen LogP contribution in [0.25, 0.3) is 0 Å². The van der Waals surface area contributed by atoms with E-state index in [1.807, 2.05) is 0 Å². The molecule has 1 atom stereocenters. The molecule has 0 aromatic heterocycles. The fourth-order valence-electron chi connectivity index (χ4n) is 2.75. The van der Waals surface area contributed by atoms with Gasteiger partial charge in [-0.05, 0) is 44.9 Å². The first-order chi connectivity index (χ1) is 11.0. The van der Waals surface area contributed by atoms with Gasteiger partial charge in [-0.15, -0.1) is 0 Å². The van der Waals surface area contributed by atoms with Crippen molar-refractivity contribution in [3.63, 3.8) is 0 Å². The van der Waals surface area contributed by atoms with Crippen LogP contribution in [0.15, 0.2) is 18.2 Å². The molecule has 0 bridgehead atoms. The number of piperidine rings is 1. The fourth-order valence-corrected chi connectivity index (χ4v) is 2.75. The van der Waals surface area contributed by atoms with Crippen LogP contribution in [0.5, 0.6) is 5.75 Å². The molecule has 1 aliphatic rings. The van der Waals surface area contributed by atoms with Crippen molar-refractivity contribution in [1.82, 2.24) is 10.2 Å². The van der Waals surface area contributed by atoms with Gasteiger partial charge in [-0.1, -0.05) is 6.92 Å². The molecule has 1 aliphatic heterocycles. The van der Waals surface area contributed by atoms with Gasteiger partial charge in [0.15, 0.2) is 17.7 Å². The molecular weight excluding hydrogens is 302 g/mol. The molecule has 2 rings (SSSR count). The maximum Gasteiger partial charge on any atom is 0.260 e. The highest BCUT2D eigenvalue weighted by atomic mass is 19.1. The van der Waals surface area contributed by atoms with Crippen LogP contribution in [0.2, 0.25) is 0 Å². The normalized spacial score (nSPS) is 17.7. The lowest BCUT2D eigenvalue weighted by atomic mass is 10.0. The van der Waals surface area contributed by atoms with Gasteiger partial charge in [-0.25, -0.2) is 8.78 Å². The Bertz CT molecular complexity index is 531. The van der Waals surface area contributed by atoms with Gasteiger partial charge in [-0.3, -0.25) is 4.79 Å². The third-order valence-corrected chi connectivity index (χ3v) is 4.04. The van der Waals surface area contributed by atoms with E-state index in [1.54, 1.807) is 6.92 Å². The second-order valence-electron chi connectivity index (χ2n) is 5.96. The summed E-state index contributed by atoms with van der Waals surface area (Å²) in [6, 6.07) is 3.16. The zero-order valence-electron chi connectivity index (χ0n) is 13.6. The van der Waals surface area contributed by atoms with E-state index < -0.39 is 17.7 Å². The van der Waals surface area contributed by atoms with Crippen molar-refractivity contribution < 1.29 is 18.3 Å². The SMILES string of the molecule is CCCN1CCC(NC(=O)[C@@H](C)Oc2ccc(F)cc2F)CC1. The Labute approximate surface area is 135 Å². The molecule has 1 aromatic rings. The van der Waals surface area contributed by atoms with Gasteiger partial charge in [0.05, 0.1) is 0 Å². The fraction of sp³-hybridized carbons (Fsp3) is 0.588. The predicted molar refractivity (Wildman–Crippen MR) is 84.3 cm³/mol. The topological polar surface area (TPSA) is 41.6 Å². The largest absolute Gasteiger partial charge is 0.478 e. The Balaban J connectivity index is 1.81. The minimum absolute atomic E-state index is 0.119. The molecule has 0 unspecified atom stereocenters. The third kappa shape index (κ3) is 5.16. The molecule has 0 radical (unpaired) electrons. The number of likely N-dealkylation sites (tertiary alicyclic amines) is 1. The number of amides is 1. The van der Waals surface area contributed by atoms with Crippen molar-refractivity contribution >= 4 is 5.91 Å². The lowest BCUT2D eigenvalue weighted by Gasteiger charge is -2.32. The summed E-state index contributed by atoms with van der Waals surface area (Å²) in [5.74, 6) is -1.88. The van der Waals surface area contributed by atoms with Crippen LogP contribution in [0.4, 0.5) is 8.78 Å². The molecule has 0 spiro atoms. The molecule has 1 heterocycles. The number of hydrogen-bond donors (Lipinski definition) is 1. The van der Waals surface area contributed by atoms with Crippen LogP contribution in [0.3, 0.4) is 0 Å². The number of benzene rings is 1. The molecule has 0 aliphatic carbocycles. The quantitative estimate of drug-likeness (QED) is 0.874. The summed E-state index contributed by atoms with van der Waals surface area (Å²) < 4.78 is 31.7. The van der Waals surface area contributed by atoms with Crippen LogP contribution in [-0.2, 0) is 4.79 Å². The summed E-state index contributed by atoms with van der Waals surface area (Å²) >= 11 is 0. The highest BCUT2D eigenvalue weighted by Crippen LogP contribution is 2.19. The average molecular weight is 326 g/mol. The summed E-state index contributed by atoms with van der Waals surface area (Å²) in [7, 11) is 0. The van der Waals surface area contributed by atoms with Crippen LogP contribution in [0, 0.1) is 11.6 Å². The summed E-state index contributed by atoms with van der Waals surface area (Å²) in [6.07, 6.45) is 2.11. The summed E-state index contributed by atoms with van der Waals surface area (Å²) in [5.41, 5.74) is 0. The Hall–Kier alpha value is -1.69. The third-order valence-electron chi connectivity index (χ3n) is 4.04. The van der Waals surface area contributed by atoms with Gasteiger partial charge in [0, 0.05) is 25.2 Å². The minimum atomic E-state index is -0.830. The van der Waals surface area contributed by atoms with Crippen molar-refractivity contribution in [1.29, 1.82) is 0 Å². The molecule has 1 fully saturated rings.